The van der Waals surface area contributed by atoms with Gasteiger partial charge in [0.25, 0.3) is 5.69 Å². The van der Waals surface area contributed by atoms with Gasteiger partial charge in [0.15, 0.2) is 0 Å². The van der Waals surface area contributed by atoms with E-state index in [2.05, 4.69) is 6.92 Å². The summed E-state index contributed by atoms with van der Waals surface area (Å²) in [5.41, 5.74) is 0.823. The molecule has 1 aromatic carbocycles. The maximum Gasteiger partial charge on any atom is 0.269 e. The lowest BCUT2D eigenvalue weighted by Gasteiger charge is -2.23. The molecule has 1 aromatic rings. The molecule has 1 atom stereocenters. The topological polar surface area (TPSA) is 63.5 Å². The van der Waals surface area contributed by atoms with Gasteiger partial charge in [-0.05, 0) is 49.5 Å². The van der Waals surface area contributed by atoms with E-state index in [0.29, 0.717) is 5.92 Å². The van der Waals surface area contributed by atoms with Gasteiger partial charge in [-0.1, -0.05) is 0 Å². The van der Waals surface area contributed by atoms with Crippen LogP contribution in [0.5, 0.6) is 0 Å². The fraction of sp³-hybridized carbons (Fsp3) is 0.400. The molecule has 0 heterocycles. The van der Waals surface area contributed by atoms with Crippen molar-refractivity contribution in [1.29, 1.82) is 0 Å². The smallest absolute Gasteiger partial charge is 0.269 e. The summed E-state index contributed by atoms with van der Waals surface area (Å²) in [5.74, 6) is 0.597. The number of rotatable bonds is 5. The minimum Gasteiger partial charge on any atom is -0.339 e. The van der Waals surface area contributed by atoms with Crippen LogP contribution in [-0.2, 0) is 4.79 Å². The second-order valence-corrected chi connectivity index (χ2v) is 5.21. The molecule has 1 fully saturated rings. The minimum absolute atomic E-state index is 0.0391. The molecular formula is C15H18N2O3. The van der Waals surface area contributed by atoms with E-state index in [9.17, 15) is 14.9 Å². The number of carbonyl (C=O) groups excluding carboxylic acids is 1. The quantitative estimate of drug-likeness (QED) is 0.471. The zero-order valence-electron chi connectivity index (χ0n) is 11.7. The normalized spacial score (nSPS) is 16.1. The number of likely N-dealkylation sites (N-methyl/N-ethyl adjacent to an activating group) is 1. The second-order valence-electron chi connectivity index (χ2n) is 5.21. The monoisotopic (exact) mass is 274 g/mol. The van der Waals surface area contributed by atoms with E-state index in [1.54, 1.807) is 23.1 Å². The van der Waals surface area contributed by atoms with Gasteiger partial charge in [0, 0.05) is 31.3 Å². The number of hydrogen-bond donors (Lipinski definition) is 0. The lowest BCUT2D eigenvalue weighted by molar-refractivity contribution is -0.384. The Bertz CT molecular complexity index is 533. The first-order valence-electron chi connectivity index (χ1n) is 6.68. The third kappa shape index (κ3) is 3.44. The molecule has 2 rings (SSSR count). The molecule has 0 saturated heterocycles. The highest BCUT2D eigenvalue weighted by molar-refractivity contribution is 5.91. The molecule has 1 aliphatic rings. The number of nitrogens with zero attached hydrogens (tertiary/aromatic N) is 2. The molecule has 1 unspecified atom stereocenters. The second kappa shape index (κ2) is 5.86. The van der Waals surface area contributed by atoms with Crippen molar-refractivity contribution < 1.29 is 9.72 Å². The highest BCUT2D eigenvalue weighted by atomic mass is 16.6. The maximum absolute atomic E-state index is 12.0. The van der Waals surface area contributed by atoms with Gasteiger partial charge in [0.05, 0.1) is 4.92 Å². The van der Waals surface area contributed by atoms with Crippen molar-refractivity contribution in [3.05, 3.63) is 46.0 Å². The van der Waals surface area contributed by atoms with E-state index >= 15 is 0 Å². The number of carbonyl (C=O) groups is 1. The Morgan fingerprint density at radius 1 is 1.40 bits per heavy atom. The van der Waals surface area contributed by atoms with Crippen molar-refractivity contribution in [1.82, 2.24) is 4.90 Å². The molecule has 0 bridgehead atoms. The Labute approximate surface area is 118 Å². The lowest BCUT2D eigenvalue weighted by atomic mass is 10.1. The van der Waals surface area contributed by atoms with E-state index in [-0.39, 0.29) is 17.6 Å². The van der Waals surface area contributed by atoms with E-state index in [0.717, 1.165) is 5.56 Å². The molecule has 1 aliphatic carbocycles. The van der Waals surface area contributed by atoms with Crippen molar-refractivity contribution in [2.45, 2.75) is 25.8 Å². The van der Waals surface area contributed by atoms with Gasteiger partial charge in [0.2, 0.25) is 5.91 Å². The molecule has 0 aliphatic heterocycles. The van der Waals surface area contributed by atoms with Crippen molar-refractivity contribution in [2.75, 3.05) is 7.05 Å². The van der Waals surface area contributed by atoms with E-state index < -0.39 is 4.92 Å². The van der Waals surface area contributed by atoms with Crippen LogP contribution in [0.3, 0.4) is 0 Å². The Morgan fingerprint density at radius 3 is 2.50 bits per heavy atom. The first-order valence-corrected chi connectivity index (χ1v) is 6.68. The predicted octanol–water partition coefficient (Wildman–Crippen LogP) is 2.86. The lowest BCUT2D eigenvalue weighted by Crippen LogP contribution is -2.35. The zero-order valence-corrected chi connectivity index (χ0v) is 11.7. The molecule has 20 heavy (non-hydrogen) atoms. The molecule has 5 heteroatoms. The number of nitro benzene ring substituents is 1. The van der Waals surface area contributed by atoms with Crippen molar-refractivity contribution in [3.8, 4) is 0 Å². The predicted molar refractivity (Wildman–Crippen MR) is 77.1 cm³/mol. The summed E-state index contributed by atoms with van der Waals surface area (Å²) in [7, 11) is 1.81. The van der Waals surface area contributed by atoms with Crippen molar-refractivity contribution >= 4 is 17.7 Å². The van der Waals surface area contributed by atoms with Gasteiger partial charge in [0.1, 0.15) is 0 Å². The van der Waals surface area contributed by atoms with Gasteiger partial charge in [-0.25, -0.2) is 0 Å². The number of non-ortho nitro benzene ring substituents is 1. The maximum atomic E-state index is 12.0. The largest absolute Gasteiger partial charge is 0.339 e. The molecule has 0 radical (unpaired) electrons. The summed E-state index contributed by atoms with van der Waals surface area (Å²) in [6.45, 7) is 2.06. The molecule has 1 saturated carbocycles. The summed E-state index contributed by atoms with van der Waals surface area (Å²) in [5, 5.41) is 10.5. The highest BCUT2D eigenvalue weighted by Crippen LogP contribution is 2.34. The van der Waals surface area contributed by atoms with E-state index in [1.165, 1.54) is 31.1 Å². The summed E-state index contributed by atoms with van der Waals surface area (Å²) in [6, 6.07) is 6.39. The third-order valence-corrected chi connectivity index (χ3v) is 3.79. The van der Waals surface area contributed by atoms with Gasteiger partial charge in [-0.15, -0.1) is 0 Å². The van der Waals surface area contributed by atoms with Crippen LogP contribution >= 0.6 is 0 Å². The van der Waals surface area contributed by atoms with Crippen molar-refractivity contribution in [3.63, 3.8) is 0 Å². The molecule has 0 spiro atoms. The van der Waals surface area contributed by atoms with Crippen LogP contribution in [0, 0.1) is 16.0 Å². The van der Waals surface area contributed by atoms with Crippen LogP contribution in [0.2, 0.25) is 0 Å². The average Bonchev–Trinajstić information content (AvgIpc) is 3.28. The highest BCUT2D eigenvalue weighted by Gasteiger charge is 2.31. The summed E-state index contributed by atoms with van der Waals surface area (Å²) in [6.07, 6.45) is 5.60. The SMILES string of the molecule is CC(C1CC1)N(C)C(=O)/C=C/c1ccc([N+](=O)[O-])cc1. The molecule has 5 nitrogen and oxygen atoms in total. The molecular weight excluding hydrogens is 256 g/mol. The Hall–Kier alpha value is -2.17. The van der Waals surface area contributed by atoms with Crippen LogP contribution in [0.4, 0.5) is 5.69 Å². The standard InChI is InChI=1S/C15H18N2O3/c1-11(13-6-7-13)16(2)15(18)10-5-12-3-8-14(9-4-12)17(19)20/h3-5,8-11,13H,6-7H2,1-2H3/b10-5+. The summed E-state index contributed by atoms with van der Waals surface area (Å²) >= 11 is 0. The van der Waals surface area contributed by atoms with Crippen LogP contribution in [0.1, 0.15) is 25.3 Å². The number of nitro groups is 1. The van der Waals surface area contributed by atoms with Crippen molar-refractivity contribution in [2.24, 2.45) is 5.92 Å². The molecule has 106 valence electrons. The number of amides is 1. The summed E-state index contributed by atoms with van der Waals surface area (Å²) < 4.78 is 0. The fourth-order valence-corrected chi connectivity index (χ4v) is 2.09. The van der Waals surface area contributed by atoms with E-state index in [4.69, 9.17) is 0 Å². The Kier molecular flexibility index (Phi) is 4.17. The van der Waals surface area contributed by atoms with Gasteiger partial charge >= 0.3 is 0 Å². The first kappa shape index (κ1) is 14.2. The molecule has 1 amide bonds. The molecule has 0 N–H and O–H groups in total. The third-order valence-electron chi connectivity index (χ3n) is 3.79. The fourth-order valence-electron chi connectivity index (χ4n) is 2.09. The van der Waals surface area contributed by atoms with Gasteiger partial charge in [-0.2, -0.15) is 0 Å². The first-order chi connectivity index (χ1) is 9.49. The minimum atomic E-state index is -0.441. The van der Waals surface area contributed by atoms with Gasteiger partial charge in [-0.3, -0.25) is 14.9 Å². The Balaban J connectivity index is 1.97. The number of benzene rings is 1. The molecule has 0 aromatic heterocycles. The zero-order chi connectivity index (χ0) is 14.7. The average molecular weight is 274 g/mol. The van der Waals surface area contributed by atoms with Crippen LogP contribution < -0.4 is 0 Å². The Morgan fingerprint density at radius 2 is 2.00 bits per heavy atom. The summed E-state index contributed by atoms with van der Waals surface area (Å²) in [4.78, 5) is 23.8. The van der Waals surface area contributed by atoms with Crippen LogP contribution in [0.15, 0.2) is 30.3 Å². The van der Waals surface area contributed by atoms with Crippen LogP contribution in [-0.4, -0.2) is 28.8 Å². The van der Waals surface area contributed by atoms with E-state index in [1.807, 2.05) is 7.05 Å². The van der Waals surface area contributed by atoms with Crippen LogP contribution in [0.25, 0.3) is 6.08 Å². The van der Waals surface area contributed by atoms with Gasteiger partial charge < -0.3 is 4.90 Å². The number of hydrogen-bond acceptors (Lipinski definition) is 3.